The van der Waals surface area contributed by atoms with E-state index >= 15 is 0 Å². The number of benzene rings is 2. The van der Waals surface area contributed by atoms with Gasteiger partial charge in [-0.2, -0.15) is 10.4 Å². The summed E-state index contributed by atoms with van der Waals surface area (Å²) in [4.78, 5) is 29.1. The van der Waals surface area contributed by atoms with Crippen molar-refractivity contribution in [3.05, 3.63) is 82.1 Å². The maximum Gasteiger partial charge on any atom is 0.267 e. The standard InChI is InChI=1S/C24H19FN6O2/c1-12-18(13(2)31(30-12)11-15-6-3-5-14(9-15)10-26)20-21(23(27)32)19-16(25)7-4-8-17(19)29-22(20)24(28)33/h3-9H,11H2,1-2H3,(H2,27,32)(H2,28,33). The Morgan fingerprint density at radius 3 is 2.48 bits per heavy atom. The van der Waals surface area contributed by atoms with E-state index in [0.717, 1.165) is 5.56 Å². The molecule has 0 unspecified atom stereocenters. The van der Waals surface area contributed by atoms with Crippen molar-refractivity contribution in [2.24, 2.45) is 11.5 Å². The molecule has 2 amide bonds. The van der Waals surface area contributed by atoms with Crippen molar-refractivity contribution in [2.75, 3.05) is 0 Å². The van der Waals surface area contributed by atoms with Crippen LogP contribution in [0.25, 0.3) is 22.0 Å². The normalized spacial score (nSPS) is 10.8. The minimum atomic E-state index is -0.918. The molecule has 2 aromatic heterocycles. The van der Waals surface area contributed by atoms with Gasteiger partial charge in [-0.1, -0.05) is 18.2 Å². The zero-order valence-corrected chi connectivity index (χ0v) is 17.9. The van der Waals surface area contributed by atoms with E-state index in [4.69, 9.17) is 16.7 Å². The first-order valence-corrected chi connectivity index (χ1v) is 9.98. The highest BCUT2D eigenvalue weighted by molar-refractivity contribution is 6.15. The molecular formula is C24H19FN6O2. The maximum atomic E-state index is 14.8. The van der Waals surface area contributed by atoms with Gasteiger partial charge in [-0.15, -0.1) is 0 Å². The predicted octanol–water partition coefficient (Wildman–Crippen LogP) is 2.97. The second-order valence-electron chi connectivity index (χ2n) is 7.59. The van der Waals surface area contributed by atoms with Crippen molar-refractivity contribution < 1.29 is 14.0 Å². The van der Waals surface area contributed by atoms with E-state index in [1.54, 1.807) is 36.7 Å². The van der Waals surface area contributed by atoms with E-state index in [1.807, 2.05) is 6.07 Å². The van der Waals surface area contributed by atoms with Gasteiger partial charge >= 0.3 is 0 Å². The zero-order chi connectivity index (χ0) is 23.9. The molecule has 4 N–H and O–H groups in total. The SMILES string of the molecule is Cc1nn(Cc2cccc(C#N)c2)c(C)c1-c1c(C(N)=O)nc2cccc(F)c2c1C(N)=O. The van der Waals surface area contributed by atoms with E-state index in [2.05, 4.69) is 16.2 Å². The van der Waals surface area contributed by atoms with Gasteiger partial charge in [0.1, 0.15) is 11.5 Å². The molecule has 0 atom stereocenters. The molecule has 4 rings (SSSR count). The summed E-state index contributed by atoms with van der Waals surface area (Å²) in [7, 11) is 0. The fourth-order valence-corrected chi connectivity index (χ4v) is 4.07. The average molecular weight is 442 g/mol. The van der Waals surface area contributed by atoms with Crippen molar-refractivity contribution >= 4 is 22.7 Å². The Balaban J connectivity index is 2.01. The monoisotopic (exact) mass is 442 g/mol. The highest BCUT2D eigenvalue weighted by Gasteiger charge is 2.28. The van der Waals surface area contributed by atoms with Gasteiger partial charge in [0.2, 0.25) is 5.91 Å². The van der Waals surface area contributed by atoms with Gasteiger partial charge in [-0.05, 0) is 43.7 Å². The molecule has 0 bridgehead atoms. The lowest BCUT2D eigenvalue weighted by Crippen LogP contribution is -2.21. The summed E-state index contributed by atoms with van der Waals surface area (Å²) in [6, 6.07) is 13.3. The first-order valence-electron chi connectivity index (χ1n) is 9.98. The fraction of sp³-hybridized carbons (Fsp3) is 0.125. The summed E-state index contributed by atoms with van der Waals surface area (Å²) in [5.74, 6) is -2.49. The van der Waals surface area contributed by atoms with Crippen LogP contribution in [0, 0.1) is 31.0 Å². The number of carbonyl (C=O) groups excluding carboxylic acids is 2. The van der Waals surface area contributed by atoms with Crippen LogP contribution in [0.2, 0.25) is 0 Å². The molecule has 4 aromatic rings. The van der Waals surface area contributed by atoms with Crippen molar-refractivity contribution in [3.8, 4) is 17.2 Å². The number of nitrogens with two attached hydrogens (primary N) is 2. The fourth-order valence-electron chi connectivity index (χ4n) is 4.07. The van der Waals surface area contributed by atoms with E-state index in [1.165, 1.54) is 18.2 Å². The predicted molar refractivity (Wildman–Crippen MR) is 120 cm³/mol. The lowest BCUT2D eigenvalue weighted by Gasteiger charge is -2.15. The van der Waals surface area contributed by atoms with Crippen LogP contribution < -0.4 is 11.5 Å². The molecule has 0 fully saturated rings. The van der Waals surface area contributed by atoms with Crippen LogP contribution >= 0.6 is 0 Å². The van der Waals surface area contributed by atoms with Crippen molar-refractivity contribution in [2.45, 2.75) is 20.4 Å². The zero-order valence-electron chi connectivity index (χ0n) is 17.9. The lowest BCUT2D eigenvalue weighted by molar-refractivity contribution is 0.0996. The number of hydrogen-bond donors (Lipinski definition) is 2. The number of aryl methyl sites for hydroxylation is 1. The Morgan fingerprint density at radius 2 is 1.82 bits per heavy atom. The highest BCUT2D eigenvalue weighted by Crippen LogP contribution is 2.37. The van der Waals surface area contributed by atoms with Crippen molar-refractivity contribution in [3.63, 3.8) is 0 Å². The first-order chi connectivity index (χ1) is 15.7. The van der Waals surface area contributed by atoms with Crippen LogP contribution in [-0.2, 0) is 6.54 Å². The quantitative estimate of drug-likeness (QED) is 0.489. The summed E-state index contributed by atoms with van der Waals surface area (Å²) in [6.07, 6.45) is 0. The van der Waals surface area contributed by atoms with Gasteiger partial charge in [0.25, 0.3) is 5.91 Å². The molecule has 2 aromatic carbocycles. The molecule has 0 aliphatic rings. The largest absolute Gasteiger partial charge is 0.366 e. The van der Waals surface area contributed by atoms with Gasteiger partial charge in [0.15, 0.2) is 0 Å². The number of fused-ring (bicyclic) bond motifs is 1. The number of halogens is 1. The molecular weight excluding hydrogens is 423 g/mol. The lowest BCUT2D eigenvalue weighted by atomic mass is 9.92. The van der Waals surface area contributed by atoms with Gasteiger partial charge < -0.3 is 11.5 Å². The number of hydrogen-bond acceptors (Lipinski definition) is 5. The van der Waals surface area contributed by atoms with Crippen LogP contribution in [-0.4, -0.2) is 26.6 Å². The Hall–Kier alpha value is -4.58. The molecule has 0 aliphatic carbocycles. The average Bonchev–Trinajstić information content (AvgIpc) is 3.05. The molecule has 33 heavy (non-hydrogen) atoms. The summed E-state index contributed by atoms with van der Waals surface area (Å²) < 4.78 is 16.5. The minimum absolute atomic E-state index is 0.0552. The molecule has 0 saturated carbocycles. The number of aromatic nitrogens is 3. The molecule has 2 heterocycles. The Bertz CT molecular complexity index is 1500. The number of carbonyl (C=O) groups is 2. The molecule has 0 aliphatic heterocycles. The van der Waals surface area contributed by atoms with E-state index in [9.17, 15) is 14.0 Å². The second kappa shape index (κ2) is 8.16. The van der Waals surface area contributed by atoms with E-state index < -0.39 is 17.6 Å². The van der Waals surface area contributed by atoms with Gasteiger partial charge in [-0.3, -0.25) is 14.3 Å². The van der Waals surface area contributed by atoms with Crippen molar-refractivity contribution in [1.29, 1.82) is 5.26 Å². The third-order valence-electron chi connectivity index (χ3n) is 5.46. The molecule has 164 valence electrons. The van der Waals surface area contributed by atoms with Crippen LogP contribution in [0.15, 0.2) is 42.5 Å². The number of pyridine rings is 1. The van der Waals surface area contributed by atoms with Gasteiger partial charge in [-0.25, -0.2) is 9.37 Å². The minimum Gasteiger partial charge on any atom is -0.366 e. The van der Waals surface area contributed by atoms with Crippen LogP contribution in [0.4, 0.5) is 4.39 Å². The Morgan fingerprint density at radius 1 is 1.09 bits per heavy atom. The Labute approximate surface area is 188 Å². The number of nitrogens with zero attached hydrogens (tertiary/aromatic N) is 4. The van der Waals surface area contributed by atoms with Gasteiger partial charge in [0, 0.05) is 22.2 Å². The van der Waals surface area contributed by atoms with E-state index in [-0.39, 0.29) is 27.7 Å². The van der Waals surface area contributed by atoms with Crippen LogP contribution in [0.1, 0.15) is 43.4 Å². The van der Waals surface area contributed by atoms with E-state index in [0.29, 0.717) is 29.1 Å². The summed E-state index contributed by atoms with van der Waals surface area (Å²) in [5, 5.41) is 13.6. The van der Waals surface area contributed by atoms with Crippen LogP contribution in [0.3, 0.4) is 0 Å². The summed E-state index contributed by atoms with van der Waals surface area (Å²) >= 11 is 0. The maximum absolute atomic E-state index is 14.8. The van der Waals surface area contributed by atoms with Crippen molar-refractivity contribution in [1.82, 2.24) is 14.8 Å². The highest BCUT2D eigenvalue weighted by atomic mass is 19.1. The summed E-state index contributed by atoms with van der Waals surface area (Å²) in [6.45, 7) is 3.78. The molecule has 0 spiro atoms. The number of primary amides is 2. The first kappa shape index (κ1) is 21.6. The number of nitriles is 1. The third kappa shape index (κ3) is 3.68. The smallest absolute Gasteiger partial charge is 0.267 e. The van der Waals surface area contributed by atoms with Crippen LogP contribution in [0.5, 0.6) is 0 Å². The number of amides is 2. The number of rotatable bonds is 5. The summed E-state index contributed by atoms with van der Waals surface area (Å²) in [5.41, 5.74) is 13.9. The second-order valence-corrected chi connectivity index (χ2v) is 7.59. The molecule has 8 nitrogen and oxygen atoms in total. The topological polar surface area (TPSA) is 141 Å². The molecule has 9 heteroatoms. The Kier molecular flexibility index (Phi) is 5.35. The van der Waals surface area contributed by atoms with Gasteiger partial charge in [0.05, 0.1) is 35.0 Å². The molecule has 0 saturated heterocycles. The third-order valence-corrected chi connectivity index (χ3v) is 5.46. The molecule has 0 radical (unpaired) electrons.